The van der Waals surface area contributed by atoms with Crippen LogP contribution >= 0.6 is 0 Å². The van der Waals surface area contributed by atoms with Crippen molar-refractivity contribution in [1.82, 2.24) is 9.97 Å². The minimum absolute atomic E-state index is 0.00551. The second-order valence-corrected chi connectivity index (χ2v) is 9.15. The molecule has 0 unspecified atom stereocenters. The molecule has 0 amide bonds. The van der Waals surface area contributed by atoms with Gasteiger partial charge in [-0.3, -0.25) is 19.6 Å². The van der Waals surface area contributed by atoms with Crippen molar-refractivity contribution in [3.63, 3.8) is 0 Å². The van der Waals surface area contributed by atoms with E-state index in [0.29, 0.717) is 45.5 Å². The second kappa shape index (κ2) is 11.8. The number of hydrogen-bond donors (Lipinski definition) is 4. The first kappa shape index (κ1) is 27.5. The number of aromatic nitrogens is 2. The lowest BCUT2D eigenvalue weighted by Gasteiger charge is -2.18. The van der Waals surface area contributed by atoms with E-state index in [-0.39, 0.29) is 37.9 Å². The summed E-state index contributed by atoms with van der Waals surface area (Å²) in [6, 6.07) is 0. The van der Waals surface area contributed by atoms with Crippen LogP contribution in [0.3, 0.4) is 0 Å². The number of pyridine rings is 2. The minimum Gasteiger partial charge on any atom is -0.506 e. The van der Waals surface area contributed by atoms with Gasteiger partial charge in [-0.05, 0) is 39.5 Å². The Morgan fingerprint density at radius 2 is 1.25 bits per heavy atom. The molecule has 2 aromatic rings. The first-order chi connectivity index (χ1) is 17.1. The predicted octanol–water partition coefficient (Wildman–Crippen LogP) is 2.71. The van der Waals surface area contributed by atoms with E-state index < -0.39 is 11.9 Å². The zero-order valence-electron chi connectivity index (χ0n) is 21.1. The highest BCUT2D eigenvalue weighted by molar-refractivity contribution is 5.71. The van der Waals surface area contributed by atoms with Crippen LogP contribution in [-0.2, 0) is 40.8 Å². The summed E-state index contributed by atoms with van der Waals surface area (Å²) >= 11 is 0. The molecule has 0 atom stereocenters. The molecule has 2 aliphatic rings. The number of ether oxygens (including phenoxy) is 2. The van der Waals surface area contributed by atoms with Crippen molar-refractivity contribution in [1.29, 1.82) is 0 Å². The first-order valence-electron chi connectivity index (χ1n) is 12.0. The number of aliphatic hydroxyl groups excluding tert-OH is 3. The maximum absolute atomic E-state index is 11.3. The molecule has 2 fully saturated rings. The molecule has 4 N–H and O–H groups in total. The van der Waals surface area contributed by atoms with Gasteiger partial charge in [0.05, 0.1) is 31.2 Å². The molecule has 2 heterocycles. The standard InChI is InChI=1S/C15H19NO5.C11H15NO3/c1-8-15(21-10(3)19)13(7-20-9(2)18)12(6-17)14(16-8)11-4-5-11;1-6-11(15)9(5-14)8(4-13)10(12-6)7-2-3-7/h11,17H,4-7H2,1-3H3;7,13-15H,2-5H2,1H3. The lowest BCUT2D eigenvalue weighted by atomic mass is 10.0. The van der Waals surface area contributed by atoms with Gasteiger partial charge in [0.25, 0.3) is 0 Å². The Kier molecular flexibility index (Phi) is 8.99. The number of hydrogen-bond acceptors (Lipinski definition) is 10. The number of aliphatic hydroxyl groups is 3. The van der Waals surface area contributed by atoms with E-state index in [4.69, 9.17) is 9.47 Å². The van der Waals surface area contributed by atoms with E-state index in [0.717, 1.165) is 37.1 Å². The van der Waals surface area contributed by atoms with Crippen LogP contribution in [0.25, 0.3) is 0 Å². The van der Waals surface area contributed by atoms with Crippen molar-refractivity contribution in [3.8, 4) is 11.5 Å². The van der Waals surface area contributed by atoms with Gasteiger partial charge in [-0.25, -0.2) is 0 Å². The largest absolute Gasteiger partial charge is 0.506 e. The van der Waals surface area contributed by atoms with E-state index in [1.807, 2.05) is 0 Å². The van der Waals surface area contributed by atoms with Crippen LogP contribution in [0.15, 0.2) is 0 Å². The smallest absolute Gasteiger partial charge is 0.308 e. The van der Waals surface area contributed by atoms with Crippen LogP contribution in [-0.4, -0.2) is 42.3 Å². The summed E-state index contributed by atoms with van der Waals surface area (Å²) in [6.07, 6.45) is 4.21. The molecule has 2 aliphatic carbocycles. The lowest BCUT2D eigenvalue weighted by molar-refractivity contribution is -0.142. The molecule has 2 aromatic heterocycles. The van der Waals surface area contributed by atoms with Crippen molar-refractivity contribution in [2.75, 3.05) is 0 Å². The van der Waals surface area contributed by atoms with E-state index in [1.165, 1.54) is 13.8 Å². The number of aromatic hydroxyl groups is 1. The quantitative estimate of drug-likeness (QED) is 0.395. The molecule has 36 heavy (non-hydrogen) atoms. The molecular weight excluding hydrogens is 468 g/mol. The van der Waals surface area contributed by atoms with Gasteiger partial charge in [0.1, 0.15) is 12.4 Å². The molecule has 10 heteroatoms. The zero-order chi connectivity index (χ0) is 26.6. The highest BCUT2D eigenvalue weighted by Gasteiger charge is 2.32. The molecule has 0 bridgehead atoms. The van der Waals surface area contributed by atoms with Crippen LogP contribution in [0, 0.1) is 13.8 Å². The summed E-state index contributed by atoms with van der Waals surface area (Å²) < 4.78 is 10.2. The highest BCUT2D eigenvalue weighted by Crippen LogP contribution is 2.44. The molecule has 0 spiro atoms. The summed E-state index contributed by atoms with van der Waals surface area (Å²) in [7, 11) is 0. The Morgan fingerprint density at radius 3 is 1.67 bits per heavy atom. The number of esters is 2. The van der Waals surface area contributed by atoms with Gasteiger partial charge in [-0.1, -0.05) is 0 Å². The van der Waals surface area contributed by atoms with E-state index in [1.54, 1.807) is 13.8 Å². The monoisotopic (exact) mass is 502 g/mol. The second-order valence-electron chi connectivity index (χ2n) is 9.15. The number of aryl methyl sites for hydroxylation is 2. The van der Waals surface area contributed by atoms with Crippen molar-refractivity contribution in [3.05, 3.63) is 45.0 Å². The van der Waals surface area contributed by atoms with Gasteiger partial charge in [-0.2, -0.15) is 0 Å². The van der Waals surface area contributed by atoms with Gasteiger partial charge in [-0.15, -0.1) is 0 Å². The highest BCUT2D eigenvalue weighted by atomic mass is 16.5. The summed E-state index contributed by atoms with van der Waals surface area (Å²) in [4.78, 5) is 31.1. The average Bonchev–Trinajstić information content (AvgIpc) is 3.73. The number of rotatable bonds is 8. The van der Waals surface area contributed by atoms with Gasteiger partial charge < -0.3 is 29.9 Å². The fraction of sp³-hybridized carbons (Fsp3) is 0.538. The molecule has 4 rings (SSSR count). The maximum Gasteiger partial charge on any atom is 0.308 e. The van der Waals surface area contributed by atoms with E-state index in [2.05, 4.69) is 9.97 Å². The zero-order valence-corrected chi connectivity index (χ0v) is 21.1. The first-order valence-corrected chi connectivity index (χ1v) is 12.0. The maximum atomic E-state index is 11.3. The van der Waals surface area contributed by atoms with Crippen LogP contribution in [0.4, 0.5) is 0 Å². The molecule has 0 aliphatic heterocycles. The van der Waals surface area contributed by atoms with Gasteiger partial charge in [0.15, 0.2) is 5.75 Å². The van der Waals surface area contributed by atoms with Gasteiger partial charge in [0, 0.05) is 59.3 Å². The molecule has 0 aromatic carbocycles. The summed E-state index contributed by atoms with van der Waals surface area (Å²) in [6.45, 7) is 5.33. The Bertz CT molecular complexity index is 1140. The molecule has 0 radical (unpaired) electrons. The number of carbonyl (C=O) groups excluding carboxylic acids is 2. The normalized spacial score (nSPS) is 14.6. The van der Waals surface area contributed by atoms with Crippen LogP contribution < -0.4 is 4.74 Å². The SMILES string of the molecule is CC(=O)OCc1c(CO)c(C2CC2)nc(C)c1OC(C)=O.Cc1nc(C2CC2)c(CO)c(CO)c1O. The summed E-state index contributed by atoms with van der Waals surface area (Å²) in [5, 5.41) is 37.8. The molecule has 10 nitrogen and oxygen atoms in total. The fourth-order valence-corrected chi connectivity index (χ4v) is 4.14. The van der Waals surface area contributed by atoms with Gasteiger partial charge >= 0.3 is 11.9 Å². The molecule has 196 valence electrons. The fourth-order valence-electron chi connectivity index (χ4n) is 4.14. The topological polar surface area (TPSA) is 159 Å². The molecular formula is C26H34N2O8. The third-order valence-electron chi connectivity index (χ3n) is 6.22. The van der Waals surface area contributed by atoms with Crippen molar-refractivity contribution < 1.29 is 39.5 Å². The predicted molar refractivity (Wildman–Crippen MR) is 128 cm³/mol. The summed E-state index contributed by atoms with van der Waals surface area (Å²) in [5.41, 5.74) is 4.89. The van der Waals surface area contributed by atoms with Crippen molar-refractivity contribution in [2.45, 2.75) is 91.6 Å². The van der Waals surface area contributed by atoms with Crippen LogP contribution in [0.1, 0.15) is 96.4 Å². The number of nitrogens with zero attached hydrogens (tertiary/aromatic N) is 2. The molecule has 0 saturated heterocycles. The third-order valence-corrected chi connectivity index (χ3v) is 6.22. The summed E-state index contributed by atoms with van der Waals surface area (Å²) in [5.74, 6) is 0.0929. The molecule has 2 saturated carbocycles. The van der Waals surface area contributed by atoms with Crippen molar-refractivity contribution >= 4 is 11.9 Å². The minimum atomic E-state index is -0.480. The van der Waals surface area contributed by atoms with Crippen LogP contribution in [0.2, 0.25) is 0 Å². The average molecular weight is 503 g/mol. The Morgan fingerprint density at radius 1 is 0.778 bits per heavy atom. The van der Waals surface area contributed by atoms with Gasteiger partial charge in [0.2, 0.25) is 0 Å². The Labute approximate surface area is 209 Å². The lowest BCUT2D eigenvalue weighted by Crippen LogP contribution is -2.13. The number of carbonyl (C=O) groups is 2. The van der Waals surface area contributed by atoms with Crippen LogP contribution in [0.5, 0.6) is 11.5 Å². The van der Waals surface area contributed by atoms with E-state index in [9.17, 15) is 30.0 Å². The van der Waals surface area contributed by atoms with E-state index >= 15 is 0 Å². The van der Waals surface area contributed by atoms with Crippen molar-refractivity contribution in [2.24, 2.45) is 0 Å². The Balaban J connectivity index is 0.000000212. The third kappa shape index (κ3) is 6.37. The Hall–Kier alpha value is -3.08.